The second kappa shape index (κ2) is 6.58. The SMILES string of the molecule is CCN1C(=O)C2C(c3ccc(C(F)(F)F)cc3)NC(C(=O)O)(C(C)C)C2C1=O. The van der Waals surface area contributed by atoms with Crippen LogP contribution in [-0.2, 0) is 20.6 Å². The highest BCUT2D eigenvalue weighted by Gasteiger charge is 2.69. The summed E-state index contributed by atoms with van der Waals surface area (Å²) in [6, 6.07) is 3.35. The number of carbonyl (C=O) groups is 3. The molecule has 2 N–H and O–H groups in total. The number of carboxylic acid groups (broad SMARTS) is 1. The second-order valence-electron chi connectivity index (χ2n) is 7.49. The molecule has 1 aromatic rings. The molecule has 0 radical (unpaired) electrons. The van der Waals surface area contributed by atoms with E-state index in [1.807, 2.05) is 0 Å². The molecule has 9 heteroatoms. The van der Waals surface area contributed by atoms with Gasteiger partial charge in [0.2, 0.25) is 11.8 Å². The quantitative estimate of drug-likeness (QED) is 0.761. The zero-order chi connectivity index (χ0) is 21.0. The van der Waals surface area contributed by atoms with Gasteiger partial charge in [0.1, 0.15) is 5.54 Å². The number of nitrogens with one attached hydrogen (secondary N) is 1. The van der Waals surface area contributed by atoms with Crippen LogP contribution < -0.4 is 5.32 Å². The second-order valence-corrected chi connectivity index (χ2v) is 7.49. The highest BCUT2D eigenvalue weighted by atomic mass is 19.4. The summed E-state index contributed by atoms with van der Waals surface area (Å²) < 4.78 is 38.6. The standard InChI is InChI=1S/C19H21F3N2O4/c1-4-24-15(25)12-13(16(24)26)18(9(2)3,17(27)28)23-14(12)10-5-7-11(8-6-10)19(20,21)22/h5-9,12-14,23H,4H2,1-3H3,(H,27,28). The van der Waals surface area contributed by atoms with E-state index in [9.17, 15) is 32.7 Å². The van der Waals surface area contributed by atoms with E-state index in [0.29, 0.717) is 5.56 Å². The van der Waals surface area contributed by atoms with Crippen molar-refractivity contribution in [2.75, 3.05) is 6.54 Å². The fourth-order valence-corrected chi connectivity index (χ4v) is 4.45. The van der Waals surface area contributed by atoms with Gasteiger partial charge >= 0.3 is 12.1 Å². The Hall–Kier alpha value is -2.42. The zero-order valence-corrected chi connectivity index (χ0v) is 15.6. The maximum Gasteiger partial charge on any atom is 0.416 e. The number of hydrogen-bond donors (Lipinski definition) is 2. The first-order valence-electron chi connectivity index (χ1n) is 9.00. The number of imide groups is 1. The van der Waals surface area contributed by atoms with Crippen molar-refractivity contribution in [3.63, 3.8) is 0 Å². The van der Waals surface area contributed by atoms with Gasteiger partial charge in [0.05, 0.1) is 17.4 Å². The first-order valence-corrected chi connectivity index (χ1v) is 9.00. The molecule has 0 bridgehead atoms. The molecule has 2 aliphatic heterocycles. The molecule has 3 rings (SSSR count). The first-order chi connectivity index (χ1) is 13.0. The van der Waals surface area contributed by atoms with E-state index in [2.05, 4.69) is 5.32 Å². The van der Waals surface area contributed by atoms with Crippen molar-refractivity contribution in [2.45, 2.75) is 38.5 Å². The van der Waals surface area contributed by atoms with Gasteiger partial charge in [0.25, 0.3) is 0 Å². The fourth-order valence-electron chi connectivity index (χ4n) is 4.45. The van der Waals surface area contributed by atoms with Gasteiger partial charge in [-0.25, -0.2) is 0 Å². The number of hydrogen-bond acceptors (Lipinski definition) is 4. The average molecular weight is 398 g/mol. The van der Waals surface area contributed by atoms with E-state index in [-0.39, 0.29) is 6.54 Å². The predicted octanol–water partition coefficient (Wildman–Crippen LogP) is 2.45. The molecular formula is C19H21F3N2O4. The van der Waals surface area contributed by atoms with Gasteiger partial charge in [-0.1, -0.05) is 26.0 Å². The molecule has 4 atom stereocenters. The van der Waals surface area contributed by atoms with Crippen LogP contribution in [-0.4, -0.2) is 39.9 Å². The molecule has 0 aliphatic carbocycles. The molecule has 0 aromatic heterocycles. The summed E-state index contributed by atoms with van der Waals surface area (Å²) in [5.41, 5.74) is -2.19. The third-order valence-corrected chi connectivity index (χ3v) is 5.86. The van der Waals surface area contributed by atoms with Crippen molar-refractivity contribution >= 4 is 17.8 Å². The highest BCUT2D eigenvalue weighted by Crippen LogP contribution is 2.51. The van der Waals surface area contributed by atoms with Crippen molar-refractivity contribution in [1.29, 1.82) is 0 Å². The number of nitrogens with zero attached hydrogens (tertiary/aromatic N) is 1. The lowest BCUT2D eigenvalue weighted by atomic mass is 9.73. The van der Waals surface area contributed by atoms with Gasteiger partial charge in [0.15, 0.2) is 0 Å². The van der Waals surface area contributed by atoms with Crippen molar-refractivity contribution in [3.8, 4) is 0 Å². The summed E-state index contributed by atoms with van der Waals surface area (Å²) in [6.07, 6.45) is -4.51. The van der Waals surface area contributed by atoms with Gasteiger partial charge in [-0.05, 0) is 30.5 Å². The van der Waals surface area contributed by atoms with Crippen LogP contribution in [0.2, 0.25) is 0 Å². The first kappa shape index (κ1) is 20.3. The van der Waals surface area contributed by atoms with Crippen molar-refractivity contribution < 1.29 is 32.7 Å². The van der Waals surface area contributed by atoms with Crippen molar-refractivity contribution in [1.82, 2.24) is 10.2 Å². The molecule has 1 aromatic carbocycles. The molecule has 28 heavy (non-hydrogen) atoms. The van der Waals surface area contributed by atoms with Gasteiger partial charge in [-0.3, -0.25) is 24.6 Å². The van der Waals surface area contributed by atoms with Crippen LogP contribution in [0.4, 0.5) is 13.2 Å². The molecule has 152 valence electrons. The van der Waals surface area contributed by atoms with Crippen LogP contribution in [0.1, 0.15) is 37.9 Å². The van der Waals surface area contributed by atoms with Crippen LogP contribution in [0.15, 0.2) is 24.3 Å². The number of likely N-dealkylation sites (tertiary alicyclic amines) is 1. The Morgan fingerprint density at radius 2 is 1.79 bits per heavy atom. The molecule has 0 spiro atoms. The van der Waals surface area contributed by atoms with Crippen LogP contribution in [0, 0.1) is 17.8 Å². The summed E-state index contributed by atoms with van der Waals surface area (Å²) in [4.78, 5) is 39.0. The van der Waals surface area contributed by atoms with E-state index in [0.717, 1.165) is 17.0 Å². The monoisotopic (exact) mass is 398 g/mol. The molecular weight excluding hydrogens is 377 g/mol. The molecule has 6 nitrogen and oxygen atoms in total. The third kappa shape index (κ3) is 2.71. The fraction of sp³-hybridized carbons (Fsp3) is 0.526. The average Bonchev–Trinajstić information content (AvgIpc) is 3.09. The number of alkyl halides is 3. The molecule has 2 saturated heterocycles. The maximum atomic E-state index is 12.9. The molecule has 2 aliphatic rings. The lowest BCUT2D eigenvalue weighted by Gasteiger charge is -2.34. The number of carboxylic acids is 1. The number of aliphatic carboxylic acids is 1. The largest absolute Gasteiger partial charge is 0.480 e. The third-order valence-electron chi connectivity index (χ3n) is 5.86. The Labute approximate surface area is 159 Å². The molecule has 0 saturated carbocycles. The predicted molar refractivity (Wildman–Crippen MR) is 91.9 cm³/mol. The van der Waals surface area contributed by atoms with Gasteiger partial charge < -0.3 is 5.11 Å². The Morgan fingerprint density at radius 1 is 1.21 bits per heavy atom. The Kier molecular flexibility index (Phi) is 4.77. The van der Waals surface area contributed by atoms with E-state index >= 15 is 0 Å². The number of rotatable bonds is 4. The normalized spacial score (nSPS) is 30.2. The van der Waals surface area contributed by atoms with Crippen LogP contribution in [0.3, 0.4) is 0 Å². The van der Waals surface area contributed by atoms with Crippen molar-refractivity contribution in [3.05, 3.63) is 35.4 Å². The topological polar surface area (TPSA) is 86.7 Å². The van der Waals surface area contributed by atoms with Crippen molar-refractivity contribution in [2.24, 2.45) is 17.8 Å². The van der Waals surface area contributed by atoms with Gasteiger partial charge in [-0.15, -0.1) is 0 Å². The summed E-state index contributed by atoms with van der Waals surface area (Å²) >= 11 is 0. The number of amides is 2. The van der Waals surface area contributed by atoms with Gasteiger partial charge in [-0.2, -0.15) is 13.2 Å². The zero-order valence-electron chi connectivity index (χ0n) is 15.6. The van der Waals surface area contributed by atoms with Crippen LogP contribution >= 0.6 is 0 Å². The lowest BCUT2D eigenvalue weighted by Crippen LogP contribution is -2.59. The minimum absolute atomic E-state index is 0.109. The Balaban J connectivity index is 2.11. The minimum Gasteiger partial charge on any atom is -0.480 e. The van der Waals surface area contributed by atoms with E-state index in [1.165, 1.54) is 12.1 Å². The summed E-state index contributed by atoms with van der Waals surface area (Å²) in [5.74, 6) is -4.96. The lowest BCUT2D eigenvalue weighted by molar-refractivity contribution is -0.153. The maximum absolute atomic E-state index is 12.9. The van der Waals surface area contributed by atoms with Crippen LogP contribution in [0.5, 0.6) is 0 Å². The highest BCUT2D eigenvalue weighted by molar-refractivity contribution is 6.09. The Morgan fingerprint density at radius 3 is 2.21 bits per heavy atom. The van der Waals surface area contributed by atoms with Crippen LogP contribution in [0.25, 0.3) is 0 Å². The summed E-state index contributed by atoms with van der Waals surface area (Å²) in [5, 5.41) is 12.9. The number of fused-ring (bicyclic) bond motifs is 1. The van der Waals surface area contributed by atoms with E-state index in [4.69, 9.17) is 0 Å². The minimum atomic E-state index is -4.51. The van der Waals surface area contributed by atoms with E-state index < -0.39 is 58.9 Å². The summed E-state index contributed by atoms with van der Waals surface area (Å²) in [6.45, 7) is 5.01. The molecule has 4 unspecified atom stereocenters. The summed E-state index contributed by atoms with van der Waals surface area (Å²) in [7, 11) is 0. The number of halogens is 3. The smallest absolute Gasteiger partial charge is 0.416 e. The number of carbonyl (C=O) groups excluding carboxylic acids is 2. The molecule has 2 heterocycles. The molecule has 2 amide bonds. The molecule has 2 fully saturated rings. The Bertz CT molecular complexity index is 821. The van der Waals surface area contributed by atoms with Gasteiger partial charge in [0, 0.05) is 12.6 Å². The number of benzene rings is 1. The van der Waals surface area contributed by atoms with E-state index in [1.54, 1.807) is 20.8 Å².